The van der Waals surface area contributed by atoms with Gasteiger partial charge in [-0.05, 0) is 0 Å². The van der Waals surface area contributed by atoms with E-state index in [1.807, 2.05) is 0 Å². The molecule has 6 nitrogen and oxygen atoms in total. The third-order valence-electron chi connectivity index (χ3n) is 2.26. The van der Waals surface area contributed by atoms with E-state index in [1.165, 1.54) is 0 Å². The number of benzene rings is 1. The van der Waals surface area contributed by atoms with Crippen molar-refractivity contribution in [3.05, 3.63) is 33.4 Å². The van der Waals surface area contributed by atoms with Crippen LogP contribution in [0.15, 0.2) is 0 Å². The summed E-state index contributed by atoms with van der Waals surface area (Å²) in [6.45, 7) is 0. The normalized spacial score (nSPS) is 8.22. The summed E-state index contributed by atoms with van der Waals surface area (Å²) in [5, 5.41) is 35.6. The number of carbonyl (C=O) groups is 2. The first-order chi connectivity index (χ1) is 8.69. The molecule has 0 aromatic heterocycles. The van der Waals surface area contributed by atoms with Gasteiger partial charge in [0.2, 0.25) is 0 Å². The molecule has 0 unspecified atom stereocenters. The van der Waals surface area contributed by atoms with E-state index in [0.29, 0.717) is 0 Å². The van der Waals surface area contributed by atoms with E-state index in [1.54, 1.807) is 24.3 Å². The summed E-state index contributed by atoms with van der Waals surface area (Å²) in [5.74, 6) is 0. The molecule has 0 spiro atoms. The summed E-state index contributed by atoms with van der Waals surface area (Å²) in [7, 11) is 0. The Balaban J connectivity index is 4.16. The molecule has 1 aromatic carbocycles. The maximum Gasteiger partial charge on any atom is 0.152 e. The predicted octanol–water partition coefficient (Wildman–Crippen LogP) is 0.798. The van der Waals surface area contributed by atoms with Gasteiger partial charge in [0.05, 0.1) is 22.3 Å². The largest absolute Gasteiger partial charge is 0.298 e. The molecule has 0 atom stereocenters. The molecule has 0 fully saturated rings. The Labute approximate surface area is 102 Å². The molecule has 0 aliphatic heterocycles. The van der Waals surface area contributed by atoms with Gasteiger partial charge in [-0.3, -0.25) is 9.59 Å². The third kappa shape index (κ3) is 1.57. The highest BCUT2D eigenvalue weighted by molar-refractivity contribution is 5.97. The van der Waals surface area contributed by atoms with Gasteiger partial charge in [-0.2, -0.15) is 21.0 Å². The quantitative estimate of drug-likeness (QED) is 0.695. The van der Waals surface area contributed by atoms with Crippen molar-refractivity contribution in [3.8, 4) is 24.3 Å². The molecule has 6 heteroatoms. The molecule has 1 rings (SSSR count). The number of hydrogen-bond acceptors (Lipinski definition) is 6. The molecule has 0 amide bonds. The lowest BCUT2D eigenvalue weighted by molar-refractivity contribution is 0.109. The highest BCUT2D eigenvalue weighted by Crippen LogP contribution is 2.24. The van der Waals surface area contributed by atoms with Gasteiger partial charge in [-0.15, -0.1) is 0 Å². The fraction of sp³-hybridized carbons (Fsp3) is 0. The van der Waals surface area contributed by atoms with E-state index in [0.717, 1.165) is 0 Å². The van der Waals surface area contributed by atoms with Gasteiger partial charge in [0.1, 0.15) is 24.3 Å². The number of rotatable bonds is 2. The molecular formula is C12H2N4O2. The second-order valence-corrected chi connectivity index (χ2v) is 3.01. The molecule has 0 saturated carbocycles. The van der Waals surface area contributed by atoms with E-state index in [9.17, 15) is 9.59 Å². The van der Waals surface area contributed by atoms with Crippen LogP contribution in [0.1, 0.15) is 43.0 Å². The SMILES string of the molecule is N#Cc1c(C#N)c(C#N)c(C=O)c(C=O)c1C#N. The second kappa shape index (κ2) is 5.03. The van der Waals surface area contributed by atoms with Crippen LogP contribution in [0.2, 0.25) is 0 Å². The topological polar surface area (TPSA) is 129 Å². The highest BCUT2D eigenvalue weighted by atomic mass is 16.1. The van der Waals surface area contributed by atoms with Crippen LogP contribution in [0.25, 0.3) is 0 Å². The van der Waals surface area contributed by atoms with Gasteiger partial charge >= 0.3 is 0 Å². The second-order valence-electron chi connectivity index (χ2n) is 3.01. The Morgan fingerprint density at radius 1 is 0.611 bits per heavy atom. The van der Waals surface area contributed by atoms with E-state index >= 15 is 0 Å². The zero-order chi connectivity index (χ0) is 13.7. The number of hydrogen-bond donors (Lipinski definition) is 0. The zero-order valence-corrected chi connectivity index (χ0v) is 8.76. The smallest absolute Gasteiger partial charge is 0.152 e. The van der Waals surface area contributed by atoms with Crippen LogP contribution in [-0.4, -0.2) is 12.6 Å². The van der Waals surface area contributed by atoms with Gasteiger partial charge in [0, 0.05) is 11.1 Å². The van der Waals surface area contributed by atoms with Crippen molar-refractivity contribution < 1.29 is 9.59 Å². The molecule has 0 N–H and O–H groups in total. The van der Waals surface area contributed by atoms with Crippen molar-refractivity contribution in [2.45, 2.75) is 0 Å². The maximum atomic E-state index is 10.9. The number of nitrogens with zero attached hydrogens (tertiary/aromatic N) is 4. The van der Waals surface area contributed by atoms with E-state index in [-0.39, 0.29) is 46.0 Å². The number of aldehydes is 2. The first kappa shape index (κ1) is 12.6. The summed E-state index contributed by atoms with van der Waals surface area (Å²) in [6.07, 6.45) is 0.427. The first-order valence-electron chi connectivity index (χ1n) is 4.44. The van der Waals surface area contributed by atoms with Crippen molar-refractivity contribution in [1.82, 2.24) is 0 Å². The average molecular weight is 234 g/mol. The summed E-state index contributed by atoms with van der Waals surface area (Å²) in [5.41, 5.74) is -2.18. The maximum absolute atomic E-state index is 10.9. The van der Waals surface area contributed by atoms with Gasteiger partial charge in [-0.1, -0.05) is 0 Å². The fourth-order valence-electron chi connectivity index (χ4n) is 1.49. The number of carbonyl (C=O) groups excluding carboxylic acids is 2. The Morgan fingerprint density at radius 2 is 0.889 bits per heavy atom. The lowest BCUT2D eigenvalue weighted by atomic mass is 9.89. The first-order valence-corrected chi connectivity index (χ1v) is 4.44. The van der Waals surface area contributed by atoms with Crippen molar-refractivity contribution in [3.63, 3.8) is 0 Å². The minimum atomic E-state index is -0.371. The van der Waals surface area contributed by atoms with Gasteiger partial charge in [-0.25, -0.2) is 0 Å². The molecule has 0 heterocycles. The Morgan fingerprint density at radius 3 is 1.06 bits per heavy atom. The van der Waals surface area contributed by atoms with Crippen LogP contribution in [0.4, 0.5) is 0 Å². The van der Waals surface area contributed by atoms with Crippen molar-refractivity contribution in [1.29, 1.82) is 21.0 Å². The fourth-order valence-corrected chi connectivity index (χ4v) is 1.49. The monoisotopic (exact) mass is 234 g/mol. The molecule has 18 heavy (non-hydrogen) atoms. The summed E-state index contributed by atoms with van der Waals surface area (Å²) in [6, 6.07) is 6.38. The van der Waals surface area contributed by atoms with Crippen molar-refractivity contribution in [2.24, 2.45) is 0 Å². The molecule has 0 radical (unpaired) electrons. The van der Waals surface area contributed by atoms with Crippen molar-refractivity contribution in [2.75, 3.05) is 0 Å². The van der Waals surface area contributed by atoms with Crippen LogP contribution < -0.4 is 0 Å². The van der Waals surface area contributed by atoms with E-state index < -0.39 is 0 Å². The minimum absolute atomic E-state index is 0.213. The lowest BCUT2D eigenvalue weighted by Gasteiger charge is -2.07. The van der Waals surface area contributed by atoms with Crippen LogP contribution in [0.3, 0.4) is 0 Å². The third-order valence-corrected chi connectivity index (χ3v) is 2.26. The van der Waals surface area contributed by atoms with Gasteiger partial charge < -0.3 is 0 Å². The summed E-state index contributed by atoms with van der Waals surface area (Å²) < 4.78 is 0. The Hall–Kier alpha value is -3.48. The highest BCUT2D eigenvalue weighted by Gasteiger charge is 2.23. The lowest BCUT2D eigenvalue weighted by Crippen LogP contribution is -2.06. The molecule has 0 saturated heterocycles. The van der Waals surface area contributed by atoms with Crippen LogP contribution in [0.5, 0.6) is 0 Å². The average Bonchev–Trinajstić information content (AvgIpc) is 2.43. The standard InChI is InChI=1S/C12H2N4O2/c13-1-7-8(2-14)10(4-16)12(6-18)11(5-17)9(7)3-15/h5-6H. The minimum Gasteiger partial charge on any atom is -0.298 e. The number of nitriles is 4. The van der Waals surface area contributed by atoms with E-state index in [2.05, 4.69) is 0 Å². The van der Waals surface area contributed by atoms with Gasteiger partial charge in [0.15, 0.2) is 12.6 Å². The molecule has 0 aliphatic carbocycles. The summed E-state index contributed by atoms with van der Waals surface area (Å²) in [4.78, 5) is 21.8. The molecule has 82 valence electrons. The van der Waals surface area contributed by atoms with Crippen LogP contribution >= 0.6 is 0 Å². The Bertz CT molecular complexity index is 658. The summed E-state index contributed by atoms with van der Waals surface area (Å²) >= 11 is 0. The molecule has 1 aromatic rings. The predicted molar refractivity (Wildman–Crippen MR) is 56.1 cm³/mol. The van der Waals surface area contributed by atoms with Gasteiger partial charge in [0.25, 0.3) is 0 Å². The van der Waals surface area contributed by atoms with E-state index in [4.69, 9.17) is 21.0 Å². The van der Waals surface area contributed by atoms with Crippen molar-refractivity contribution >= 4 is 12.6 Å². The van der Waals surface area contributed by atoms with Crippen LogP contribution in [-0.2, 0) is 0 Å². The molecular weight excluding hydrogens is 232 g/mol. The zero-order valence-electron chi connectivity index (χ0n) is 8.76. The van der Waals surface area contributed by atoms with Crippen LogP contribution in [0, 0.1) is 45.3 Å². The molecule has 0 aliphatic rings. The Kier molecular flexibility index (Phi) is 3.52. The molecule has 0 bridgehead atoms.